The molecule has 2 aromatic carbocycles. The average Bonchev–Trinajstić information content (AvgIpc) is 2.56. The zero-order valence-corrected chi connectivity index (χ0v) is 14.9. The van der Waals surface area contributed by atoms with E-state index in [0.717, 1.165) is 5.69 Å². The zero-order valence-electron chi connectivity index (χ0n) is 13.4. The summed E-state index contributed by atoms with van der Waals surface area (Å²) in [6.45, 7) is 0.471. The average molecular weight is 369 g/mol. The number of nitrogens with one attached hydrogen (secondary N) is 2. The Labute approximate surface area is 150 Å². The molecule has 0 saturated carbocycles. The van der Waals surface area contributed by atoms with Crippen LogP contribution < -0.4 is 20.1 Å². The van der Waals surface area contributed by atoms with E-state index in [1.54, 1.807) is 24.3 Å². The number of hydrogen-bond donors (Lipinski definition) is 2. The molecule has 0 aliphatic rings. The number of benzene rings is 2. The van der Waals surface area contributed by atoms with E-state index in [0.29, 0.717) is 33.8 Å². The van der Waals surface area contributed by atoms with Gasteiger partial charge in [-0.25, -0.2) is 0 Å². The van der Waals surface area contributed by atoms with Crippen LogP contribution in [-0.2, 0) is 4.79 Å². The molecule has 0 spiro atoms. The van der Waals surface area contributed by atoms with Crippen molar-refractivity contribution in [2.24, 2.45) is 0 Å². The van der Waals surface area contributed by atoms with Gasteiger partial charge in [-0.05, 0) is 18.2 Å². The van der Waals surface area contributed by atoms with Crippen LogP contribution in [0.25, 0.3) is 0 Å². The Kier molecular flexibility index (Phi) is 6.58. The van der Waals surface area contributed by atoms with Crippen molar-refractivity contribution in [1.29, 1.82) is 0 Å². The van der Waals surface area contributed by atoms with Crippen LogP contribution in [0.1, 0.15) is 6.42 Å². The van der Waals surface area contributed by atoms with Gasteiger partial charge in [0.25, 0.3) is 0 Å². The van der Waals surface area contributed by atoms with Gasteiger partial charge in [0.05, 0.1) is 24.9 Å². The van der Waals surface area contributed by atoms with E-state index < -0.39 is 0 Å². The van der Waals surface area contributed by atoms with E-state index in [9.17, 15) is 4.79 Å². The summed E-state index contributed by atoms with van der Waals surface area (Å²) >= 11 is 12.0. The lowest BCUT2D eigenvalue weighted by Crippen LogP contribution is -2.16. The summed E-state index contributed by atoms with van der Waals surface area (Å²) in [5, 5.41) is 6.99. The highest BCUT2D eigenvalue weighted by Gasteiger charge is 2.12. The molecule has 2 aromatic rings. The summed E-state index contributed by atoms with van der Waals surface area (Å²) in [6, 6.07) is 10.5. The van der Waals surface area contributed by atoms with Crippen LogP contribution in [0.15, 0.2) is 36.4 Å². The van der Waals surface area contributed by atoms with E-state index in [2.05, 4.69) is 10.6 Å². The van der Waals surface area contributed by atoms with E-state index in [1.807, 2.05) is 12.1 Å². The molecule has 0 saturated heterocycles. The number of carbonyl (C=O) groups excluding carboxylic acids is 1. The monoisotopic (exact) mass is 368 g/mol. The van der Waals surface area contributed by atoms with Gasteiger partial charge in [-0.2, -0.15) is 0 Å². The largest absolute Gasteiger partial charge is 0.495 e. The standard InChI is InChI=1S/C17H18Cl2N2O3/c1-23-15-10-14(16(24-2)9-13(15)19)21-17(22)6-7-20-12-5-3-4-11(18)8-12/h3-5,8-10,20H,6-7H2,1-2H3,(H,21,22). The molecule has 0 aliphatic carbocycles. The molecular formula is C17H18Cl2N2O3. The van der Waals surface area contributed by atoms with Crippen molar-refractivity contribution in [2.45, 2.75) is 6.42 Å². The van der Waals surface area contributed by atoms with Crippen molar-refractivity contribution in [3.63, 3.8) is 0 Å². The number of hydrogen-bond acceptors (Lipinski definition) is 4. The highest BCUT2D eigenvalue weighted by Crippen LogP contribution is 2.35. The van der Waals surface area contributed by atoms with Gasteiger partial charge in [0.15, 0.2) is 0 Å². The molecule has 5 nitrogen and oxygen atoms in total. The van der Waals surface area contributed by atoms with Crippen LogP contribution in [0.2, 0.25) is 10.0 Å². The third-order valence-corrected chi connectivity index (χ3v) is 3.78. The molecule has 7 heteroatoms. The topological polar surface area (TPSA) is 59.6 Å². The smallest absolute Gasteiger partial charge is 0.226 e. The minimum absolute atomic E-state index is 0.160. The molecule has 0 atom stereocenters. The number of ether oxygens (including phenoxy) is 2. The van der Waals surface area contributed by atoms with E-state index in [1.165, 1.54) is 14.2 Å². The maximum atomic E-state index is 12.1. The Hall–Kier alpha value is -2.11. The van der Waals surface area contributed by atoms with Gasteiger partial charge < -0.3 is 20.1 Å². The minimum Gasteiger partial charge on any atom is -0.495 e. The second-order valence-corrected chi connectivity index (χ2v) is 5.77. The summed E-state index contributed by atoms with van der Waals surface area (Å²) in [6.07, 6.45) is 0.278. The molecule has 128 valence electrons. The molecule has 1 amide bonds. The number of methoxy groups -OCH3 is 2. The third-order valence-electron chi connectivity index (χ3n) is 3.25. The predicted octanol–water partition coefficient (Wildman–Crippen LogP) is 4.45. The maximum absolute atomic E-state index is 12.1. The first-order valence-electron chi connectivity index (χ1n) is 7.24. The lowest BCUT2D eigenvalue weighted by molar-refractivity contribution is -0.115. The van der Waals surface area contributed by atoms with Crippen molar-refractivity contribution < 1.29 is 14.3 Å². The summed E-state index contributed by atoms with van der Waals surface area (Å²) in [4.78, 5) is 12.1. The highest BCUT2D eigenvalue weighted by atomic mass is 35.5. The predicted molar refractivity (Wildman–Crippen MR) is 97.7 cm³/mol. The van der Waals surface area contributed by atoms with Crippen LogP contribution in [0.3, 0.4) is 0 Å². The number of carbonyl (C=O) groups is 1. The molecule has 0 aliphatic heterocycles. The second kappa shape index (κ2) is 8.66. The van der Waals surface area contributed by atoms with Crippen molar-refractivity contribution in [1.82, 2.24) is 0 Å². The summed E-state index contributed by atoms with van der Waals surface area (Å²) in [5.74, 6) is 0.772. The maximum Gasteiger partial charge on any atom is 0.226 e. The molecule has 0 radical (unpaired) electrons. The van der Waals surface area contributed by atoms with Gasteiger partial charge in [0, 0.05) is 35.8 Å². The van der Waals surface area contributed by atoms with Crippen molar-refractivity contribution in [3.8, 4) is 11.5 Å². The van der Waals surface area contributed by atoms with E-state index in [-0.39, 0.29) is 12.3 Å². The summed E-state index contributed by atoms with van der Waals surface area (Å²) < 4.78 is 10.4. The number of amides is 1. The molecule has 2 rings (SSSR count). The first-order valence-corrected chi connectivity index (χ1v) is 8.00. The van der Waals surface area contributed by atoms with Crippen LogP contribution in [0.5, 0.6) is 11.5 Å². The van der Waals surface area contributed by atoms with Crippen LogP contribution in [0, 0.1) is 0 Å². The lowest BCUT2D eigenvalue weighted by atomic mass is 10.2. The van der Waals surface area contributed by atoms with Crippen LogP contribution in [-0.4, -0.2) is 26.7 Å². The molecular weight excluding hydrogens is 351 g/mol. The number of halogens is 2. The number of rotatable bonds is 7. The third kappa shape index (κ3) is 4.94. The normalized spacial score (nSPS) is 10.2. The molecule has 0 bridgehead atoms. The van der Waals surface area contributed by atoms with Gasteiger partial charge in [-0.1, -0.05) is 29.3 Å². The first-order chi connectivity index (χ1) is 11.5. The molecule has 0 heterocycles. The van der Waals surface area contributed by atoms with E-state index in [4.69, 9.17) is 32.7 Å². The lowest BCUT2D eigenvalue weighted by Gasteiger charge is -2.13. The van der Waals surface area contributed by atoms with E-state index >= 15 is 0 Å². The Morgan fingerprint density at radius 3 is 2.50 bits per heavy atom. The Morgan fingerprint density at radius 1 is 1.08 bits per heavy atom. The zero-order chi connectivity index (χ0) is 17.5. The van der Waals surface area contributed by atoms with Gasteiger partial charge in [-0.15, -0.1) is 0 Å². The fourth-order valence-corrected chi connectivity index (χ4v) is 2.51. The Morgan fingerprint density at radius 2 is 1.83 bits per heavy atom. The SMILES string of the molecule is COc1cc(NC(=O)CCNc2cccc(Cl)c2)c(OC)cc1Cl. The summed E-state index contributed by atoms with van der Waals surface area (Å²) in [5.41, 5.74) is 1.37. The molecule has 0 fully saturated rings. The number of anilines is 2. The van der Waals surface area contributed by atoms with Crippen molar-refractivity contribution >= 4 is 40.5 Å². The second-order valence-electron chi connectivity index (χ2n) is 4.92. The van der Waals surface area contributed by atoms with Crippen molar-refractivity contribution in [3.05, 3.63) is 46.4 Å². The quantitative estimate of drug-likeness (QED) is 0.757. The Balaban J connectivity index is 1.94. The first kappa shape index (κ1) is 18.2. The highest BCUT2D eigenvalue weighted by molar-refractivity contribution is 6.32. The van der Waals surface area contributed by atoms with Gasteiger partial charge in [0.1, 0.15) is 11.5 Å². The van der Waals surface area contributed by atoms with Crippen LogP contribution in [0.4, 0.5) is 11.4 Å². The fourth-order valence-electron chi connectivity index (χ4n) is 2.09. The fraction of sp³-hybridized carbons (Fsp3) is 0.235. The van der Waals surface area contributed by atoms with Gasteiger partial charge >= 0.3 is 0 Å². The van der Waals surface area contributed by atoms with Gasteiger partial charge in [0.2, 0.25) is 5.91 Å². The molecule has 0 aromatic heterocycles. The minimum atomic E-state index is -0.160. The molecule has 0 unspecified atom stereocenters. The van der Waals surface area contributed by atoms with Crippen LogP contribution >= 0.6 is 23.2 Å². The van der Waals surface area contributed by atoms with Crippen molar-refractivity contribution in [2.75, 3.05) is 31.4 Å². The molecule has 24 heavy (non-hydrogen) atoms. The molecule has 2 N–H and O–H groups in total. The Bertz CT molecular complexity index is 723. The van der Waals surface area contributed by atoms with Gasteiger partial charge in [-0.3, -0.25) is 4.79 Å². The summed E-state index contributed by atoms with van der Waals surface area (Å²) in [7, 11) is 3.02.